The Hall–Kier alpha value is -3.34. The van der Waals surface area contributed by atoms with Crippen LogP contribution in [0.2, 0.25) is 0 Å². The second-order valence-electron chi connectivity index (χ2n) is 6.80. The molecule has 5 heteroatoms. The van der Waals surface area contributed by atoms with Crippen molar-refractivity contribution in [1.29, 1.82) is 5.41 Å². The average molecular weight is 358 g/mol. The van der Waals surface area contributed by atoms with Gasteiger partial charge in [-0.1, -0.05) is 42.5 Å². The number of H-pyrrole nitrogens is 1. The standard InChI is InChI=1S/C22H22N4O/c23-12-17(13-24)16-8-9-18-19(14-25-20(18)11-16)22(27)26-10-4-7-21(26)15-5-2-1-3-6-15/h1-3,5-6,8-9,11-14,21,23,25H,4,7,10,24H2/b17-13+,23-12?. The summed E-state index contributed by atoms with van der Waals surface area (Å²) in [5, 5.41) is 8.34. The maximum Gasteiger partial charge on any atom is 0.256 e. The van der Waals surface area contributed by atoms with Gasteiger partial charge in [-0.3, -0.25) is 4.79 Å². The van der Waals surface area contributed by atoms with Crippen LogP contribution in [0.3, 0.4) is 0 Å². The molecule has 5 nitrogen and oxygen atoms in total. The zero-order valence-electron chi connectivity index (χ0n) is 15.0. The number of allylic oxidation sites excluding steroid dienone is 1. The maximum absolute atomic E-state index is 13.3. The van der Waals surface area contributed by atoms with Crippen molar-refractivity contribution < 1.29 is 4.79 Å². The molecule has 1 aromatic heterocycles. The highest BCUT2D eigenvalue weighted by atomic mass is 16.2. The van der Waals surface area contributed by atoms with E-state index in [1.807, 2.05) is 41.3 Å². The zero-order valence-corrected chi connectivity index (χ0v) is 15.0. The molecule has 1 aliphatic heterocycles. The second kappa shape index (κ2) is 7.11. The average Bonchev–Trinajstić information content (AvgIpc) is 3.36. The lowest BCUT2D eigenvalue weighted by Crippen LogP contribution is -2.30. The topological polar surface area (TPSA) is 86.0 Å². The van der Waals surface area contributed by atoms with E-state index < -0.39 is 0 Å². The minimum absolute atomic E-state index is 0.0574. The van der Waals surface area contributed by atoms with Crippen LogP contribution in [0.4, 0.5) is 0 Å². The molecule has 4 rings (SSSR count). The molecular formula is C22H22N4O. The SMILES string of the molecule is N=C/C(=C\N)c1ccc2c(C(=O)N3CCCC3c3ccccc3)c[nH]c2c1. The molecule has 4 N–H and O–H groups in total. The number of carbonyl (C=O) groups excluding carboxylic acids is 1. The second-order valence-corrected chi connectivity index (χ2v) is 6.80. The van der Waals surface area contributed by atoms with Crippen LogP contribution < -0.4 is 5.73 Å². The quantitative estimate of drug-likeness (QED) is 0.614. The largest absolute Gasteiger partial charge is 0.404 e. The van der Waals surface area contributed by atoms with Crippen LogP contribution in [0, 0.1) is 5.41 Å². The minimum Gasteiger partial charge on any atom is -0.404 e. The maximum atomic E-state index is 13.3. The summed E-state index contributed by atoms with van der Waals surface area (Å²) in [4.78, 5) is 18.5. The predicted octanol–water partition coefficient (Wildman–Crippen LogP) is 4.09. The van der Waals surface area contributed by atoms with Crippen LogP contribution in [-0.4, -0.2) is 28.6 Å². The third-order valence-corrected chi connectivity index (χ3v) is 5.28. The number of rotatable bonds is 4. The Morgan fingerprint density at radius 3 is 2.78 bits per heavy atom. The summed E-state index contributed by atoms with van der Waals surface area (Å²) in [7, 11) is 0. The Bertz CT molecular complexity index is 1020. The van der Waals surface area contributed by atoms with Gasteiger partial charge in [0.05, 0.1) is 11.6 Å². The van der Waals surface area contributed by atoms with Gasteiger partial charge in [0.15, 0.2) is 0 Å². The van der Waals surface area contributed by atoms with E-state index in [-0.39, 0.29) is 11.9 Å². The fourth-order valence-electron chi connectivity index (χ4n) is 3.90. The normalized spacial score (nSPS) is 17.4. The highest BCUT2D eigenvalue weighted by Crippen LogP contribution is 2.34. The first kappa shape index (κ1) is 17.1. The van der Waals surface area contributed by atoms with Crippen LogP contribution in [0.5, 0.6) is 0 Å². The zero-order chi connectivity index (χ0) is 18.8. The summed E-state index contributed by atoms with van der Waals surface area (Å²) in [6.45, 7) is 0.775. The molecule has 0 radical (unpaired) electrons. The Balaban J connectivity index is 1.68. The first-order chi connectivity index (χ1) is 13.2. The van der Waals surface area contributed by atoms with Crippen molar-refractivity contribution >= 4 is 28.6 Å². The lowest BCUT2D eigenvalue weighted by atomic mass is 10.0. The molecule has 1 aliphatic rings. The van der Waals surface area contributed by atoms with Crippen molar-refractivity contribution in [2.75, 3.05) is 6.54 Å². The number of hydrogen-bond donors (Lipinski definition) is 3. The molecular weight excluding hydrogens is 336 g/mol. The summed E-state index contributed by atoms with van der Waals surface area (Å²) in [5.41, 5.74) is 9.82. The molecule has 0 aliphatic carbocycles. The van der Waals surface area contributed by atoms with Gasteiger partial charge in [0.25, 0.3) is 5.91 Å². The van der Waals surface area contributed by atoms with Crippen LogP contribution in [0.15, 0.2) is 60.9 Å². The lowest BCUT2D eigenvalue weighted by Gasteiger charge is -2.25. The monoisotopic (exact) mass is 358 g/mol. The predicted molar refractivity (Wildman–Crippen MR) is 109 cm³/mol. The molecule has 1 unspecified atom stereocenters. The van der Waals surface area contributed by atoms with Crippen molar-refractivity contribution in [3.8, 4) is 0 Å². The molecule has 1 amide bonds. The summed E-state index contributed by atoms with van der Waals surface area (Å²) >= 11 is 0. The Morgan fingerprint density at radius 2 is 2.04 bits per heavy atom. The van der Waals surface area contributed by atoms with E-state index in [9.17, 15) is 4.79 Å². The number of carbonyl (C=O) groups is 1. The number of nitrogens with two attached hydrogens (primary N) is 1. The summed E-state index contributed by atoms with van der Waals surface area (Å²) < 4.78 is 0. The first-order valence-corrected chi connectivity index (χ1v) is 9.12. The number of nitrogens with one attached hydrogen (secondary N) is 2. The van der Waals surface area contributed by atoms with E-state index in [0.29, 0.717) is 11.1 Å². The van der Waals surface area contributed by atoms with Gasteiger partial charge < -0.3 is 21.0 Å². The summed E-state index contributed by atoms with van der Waals surface area (Å²) in [5.74, 6) is 0.0574. The number of aromatic amines is 1. The summed E-state index contributed by atoms with van der Waals surface area (Å²) in [6, 6.07) is 16.1. The van der Waals surface area contributed by atoms with Crippen molar-refractivity contribution in [3.05, 3.63) is 77.6 Å². The van der Waals surface area contributed by atoms with E-state index in [1.165, 1.54) is 18.0 Å². The molecule has 1 atom stereocenters. The number of aromatic nitrogens is 1. The molecule has 0 saturated carbocycles. The number of likely N-dealkylation sites (tertiary alicyclic amines) is 1. The van der Waals surface area contributed by atoms with Crippen molar-refractivity contribution in [2.45, 2.75) is 18.9 Å². The molecule has 2 aromatic carbocycles. The van der Waals surface area contributed by atoms with Gasteiger partial charge in [-0.15, -0.1) is 0 Å². The number of fused-ring (bicyclic) bond motifs is 1. The van der Waals surface area contributed by atoms with Gasteiger partial charge in [0, 0.05) is 41.6 Å². The first-order valence-electron chi connectivity index (χ1n) is 9.12. The highest BCUT2D eigenvalue weighted by Gasteiger charge is 2.31. The molecule has 2 heterocycles. The van der Waals surface area contributed by atoms with Crippen LogP contribution in [-0.2, 0) is 0 Å². The van der Waals surface area contributed by atoms with Gasteiger partial charge in [-0.05, 0) is 30.0 Å². The van der Waals surface area contributed by atoms with Crippen molar-refractivity contribution in [2.24, 2.45) is 5.73 Å². The van der Waals surface area contributed by atoms with Crippen molar-refractivity contribution in [1.82, 2.24) is 9.88 Å². The van der Waals surface area contributed by atoms with Crippen LogP contribution >= 0.6 is 0 Å². The number of hydrogen-bond acceptors (Lipinski definition) is 3. The lowest BCUT2D eigenvalue weighted by molar-refractivity contribution is 0.0737. The van der Waals surface area contributed by atoms with E-state index in [2.05, 4.69) is 17.1 Å². The molecule has 3 aromatic rings. The summed E-state index contributed by atoms with van der Waals surface area (Å²) in [6.07, 6.45) is 6.43. The van der Waals surface area contributed by atoms with E-state index in [1.54, 1.807) is 6.20 Å². The van der Waals surface area contributed by atoms with Crippen molar-refractivity contribution in [3.63, 3.8) is 0 Å². The van der Waals surface area contributed by atoms with Crippen LogP contribution in [0.1, 0.15) is 40.4 Å². The fraction of sp³-hybridized carbons (Fsp3) is 0.182. The van der Waals surface area contributed by atoms with Gasteiger partial charge in [0.2, 0.25) is 0 Å². The molecule has 1 saturated heterocycles. The highest BCUT2D eigenvalue weighted by molar-refractivity contribution is 6.11. The van der Waals surface area contributed by atoms with Gasteiger partial charge >= 0.3 is 0 Å². The van der Waals surface area contributed by atoms with Gasteiger partial charge in [0.1, 0.15) is 0 Å². The van der Waals surface area contributed by atoms with Gasteiger partial charge in [-0.25, -0.2) is 0 Å². The van der Waals surface area contributed by atoms with E-state index >= 15 is 0 Å². The Morgan fingerprint density at radius 1 is 1.22 bits per heavy atom. The number of amides is 1. The third-order valence-electron chi connectivity index (χ3n) is 5.28. The van der Waals surface area contributed by atoms with E-state index in [4.69, 9.17) is 11.1 Å². The molecule has 1 fully saturated rings. The third kappa shape index (κ3) is 3.01. The molecule has 136 valence electrons. The number of nitrogens with zero attached hydrogens (tertiary/aromatic N) is 1. The molecule has 27 heavy (non-hydrogen) atoms. The van der Waals surface area contributed by atoms with Crippen LogP contribution in [0.25, 0.3) is 16.5 Å². The number of benzene rings is 2. The molecule has 0 bridgehead atoms. The van der Waals surface area contributed by atoms with Gasteiger partial charge in [-0.2, -0.15) is 0 Å². The molecule has 0 spiro atoms. The Labute approximate surface area is 158 Å². The smallest absolute Gasteiger partial charge is 0.256 e. The minimum atomic E-state index is 0.0574. The fourth-order valence-corrected chi connectivity index (χ4v) is 3.90. The Kier molecular flexibility index (Phi) is 4.50. The van der Waals surface area contributed by atoms with E-state index in [0.717, 1.165) is 35.9 Å².